The predicted octanol–water partition coefficient (Wildman–Crippen LogP) is 0.703. The Hall–Kier alpha value is -2.17. The Morgan fingerprint density at radius 3 is 2.50 bits per heavy atom. The maximum atomic E-state index is 5.55. The Morgan fingerprint density at radius 1 is 0.929 bits per heavy atom. The molecule has 0 aliphatic rings. The minimum atomic E-state index is 0.416. The molecule has 0 atom stereocenters. The van der Waals surface area contributed by atoms with Crippen LogP contribution in [0.2, 0.25) is 0 Å². The van der Waals surface area contributed by atoms with Crippen LogP contribution >= 0.6 is 0 Å². The average Bonchev–Trinajstić information content (AvgIpc) is 2.18. The summed E-state index contributed by atoms with van der Waals surface area (Å²) in [5, 5.41) is 0. The zero-order chi connectivity index (χ0) is 9.97. The van der Waals surface area contributed by atoms with Crippen molar-refractivity contribution in [1.29, 1.82) is 0 Å². The summed E-state index contributed by atoms with van der Waals surface area (Å²) in [6.45, 7) is 0. The molecule has 0 bridgehead atoms. The molecule has 5 heteroatoms. The molecule has 2 rings (SSSR count). The standard InChI is InChI=1S/C9H9N5/c10-8-3-1-2-6(14-8)7-4-9(11)13-5-12-7/h1-5H,(H2,10,14)(H2,11,12,13). The van der Waals surface area contributed by atoms with Gasteiger partial charge < -0.3 is 11.5 Å². The molecule has 0 aliphatic heterocycles. The van der Waals surface area contributed by atoms with Crippen LogP contribution in [0.1, 0.15) is 0 Å². The number of hydrogen-bond donors (Lipinski definition) is 2. The van der Waals surface area contributed by atoms with Gasteiger partial charge >= 0.3 is 0 Å². The highest BCUT2D eigenvalue weighted by Gasteiger charge is 2.01. The Balaban J connectivity index is 2.49. The van der Waals surface area contributed by atoms with Gasteiger partial charge in [-0.15, -0.1) is 0 Å². The van der Waals surface area contributed by atoms with Gasteiger partial charge in [-0.2, -0.15) is 0 Å². The van der Waals surface area contributed by atoms with Gasteiger partial charge in [-0.3, -0.25) is 0 Å². The number of hydrogen-bond acceptors (Lipinski definition) is 5. The van der Waals surface area contributed by atoms with Crippen LogP contribution in [0.15, 0.2) is 30.6 Å². The molecule has 0 amide bonds. The molecular weight excluding hydrogens is 178 g/mol. The van der Waals surface area contributed by atoms with Crippen LogP contribution < -0.4 is 11.5 Å². The molecule has 2 aromatic rings. The largest absolute Gasteiger partial charge is 0.384 e. The first-order chi connectivity index (χ1) is 6.75. The van der Waals surface area contributed by atoms with E-state index in [0.717, 1.165) is 0 Å². The molecule has 0 unspecified atom stereocenters. The molecule has 70 valence electrons. The summed E-state index contributed by atoms with van der Waals surface area (Å²) in [6.07, 6.45) is 1.40. The van der Waals surface area contributed by atoms with E-state index >= 15 is 0 Å². The number of nitrogens with two attached hydrogens (primary N) is 2. The highest BCUT2D eigenvalue weighted by atomic mass is 14.9. The molecule has 2 aromatic heterocycles. The molecule has 14 heavy (non-hydrogen) atoms. The maximum absolute atomic E-state index is 5.55. The quantitative estimate of drug-likeness (QED) is 0.685. The van der Waals surface area contributed by atoms with Crippen LogP contribution in [0.5, 0.6) is 0 Å². The Morgan fingerprint density at radius 2 is 1.79 bits per heavy atom. The number of aromatic nitrogens is 3. The lowest BCUT2D eigenvalue weighted by atomic mass is 10.2. The molecule has 0 radical (unpaired) electrons. The second kappa shape index (κ2) is 3.29. The van der Waals surface area contributed by atoms with E-state index in [9.17, 15) is 0 Å². The van der Waals surface area contributed by atoms with E-state index in [1.807, 2.05) is 12.1 Å². The Bertz CT molecular complexity index is 411. The van der Waals surface area contributed by atoms with E-state index in [1.165, 1.54) is 6.33 Å². The zero-order valence-corrected chi connectivity index (χ0v) is 7.38. The van der Waals surface area contributed by atoms with Crippen LogP contribution in [0.25, 0.3) is 11.4 Å². The normalized spacial score (nSPS) is 10.0. The van der Waals surface area contributed by atoms with Crippen molar-refractivity contribution >= 4 is 11.6 Å². The summed E-state index contributed by atoms with van der Waals surface area (Å²) in [7, 11) is 0. The third-order valence-corrected chi connectivity index (χ3v) is 1.72. The number of pyridine rings is 1. The summed E-state index contributed by atoms with van der Waals surface area (Å²) in [5.41, 5.74) is 12.4. The molecule has 0 saturated heterocycles. The Labute approximate surface area is 80.8 Å². The third kappa shape index (κ3) is 1.61. The molecular formula is C9H9N5. The monoisotopic (exact) mass is 187 g/mol. The van der Waals surface area contributed by atoms with Crippen molar-refractivity contribution in [2.24, 2.45) is 0 Å². The van der Waals surface area contributed by atoms with Crippen molar-refractivity contribution in [1.82, 2.24) is 15.0 Å². The highest BCUT2D eigenvalue weighted by molar-refractivity contribution is 5.58. The lowest BCUT2D eigenvalue weighted by Crippen LogP contribution is -1.96. The van der Waals surface area contributed by atoms with E-state index in [4.69, 9.17) is 11.5 Å². The van der Waals surface area contributed by atoms with Crippen LogP contribution in [0.4, 0.5) is 11.6 Å². The molecule has 0 aliphatic carbocycles. The van der Waals surface area contributed by atoms with E-state index in [1.54, 1.807) is 12.1 Å². The molecule has 0 aromatic carbocycles. The van der Waals surface area contributed by atoms with E-state index in [0.29, 0.717) is 23.0 Å². The number of anilines is 2. The number of nitrogen functional groups attached to an aromatic ring is 2. The molecule has 0 saturated carbocycles. The van der Waals surface area contributed by atoms with Crippen molar-refractivity contribution in [3.05, 3.63) is 30.6 Å². The topological polar surface area (TPSA) is 90.7 Å². The van der Waals surface area contributed by atoms with Gasteiger partial charge in [0, 0.05) is 6.07 Å². The van der Waals surface area contributed by atoms with Crippen LogP contribution in [0.3, 0.4) is 0 Å². The van der Waals surface area contributed by atoms with Crippen molar-refractivity contribution in [3.8, 4) is 11.4 Å². The first-order valence-electron chi connectivity index (χ1n) is 4.06. The van der Waals surface area contributed by atoms with Gasteiger partial charge in [0.2, 0.25) is 0 Å². The van der Waals surface area contributed by atoms with Gasteiger partial charge in [-0.1, -0.05) is 6.07 Å². The van der Waals surface area contributed by atoms with E-state index < -0.39 is 0 Å². The van der Waals surface area contributed by atoms with Gasteiger partial charge in [0.05, 0.1) is 11.4 Å². The SMILES string of the molecule is Nc1cc(-c2cccc(N)n2)ncn1. The first kappa shape index (κ1) is 8.43. The zero-order valence-electron chi connectivity index (χ0n) is 7.38. The molecule has 0 fully saturated rings. The summed E-state index contributed by atoms with van der Waals surface area (Å²) < 4.78 is 0. The minimum Gasteiger partial charge on any atom is -0.384 e. The van der Waals surface area contributed by atoms with Gasteiger partial charge in [0.1, 0.15) is 18.0 Å². The summed E-state index contributed by atoms with van der Waals surface area (Å²) in [5.74, 6) is 0.874. The van der Waals surface area contributed by atoms with Crippen molar-refractivity contribution in [2.45, 2.75) is 0 Å². The number of rotatable bonds is 1. The van der Waals surface area contributed by atoms with Crippen LogP contribution in [-0.4, -0.2) is 15.0 Å². The fourth-order valence-electron chi connectivity index (χ4n) is 1.11. The Kier molecular flexibility index (Phi) is 1.98. The summed E-state index contributed by atoms with van der Waals surface area (Å²) in [6, 6.07) is 7.00. The van der Waals surface area contributed by atoms with Gasteiger partial charge in [0.25, 0.3) is 0 Å². The lowest BCUT2D eigenvalue weighted by Gasteiger charge is -2.00. The molecule has 0 spiro atoms. The van der Waals surface area contributed by atoms with Crippen molar-refractivity contribution in [2.75, 3.05) is 11.5 Å². The van der Waals surface area contributed by atoms with Gasteiger partial charge in [-0.05, 0) is 12.1 Å². The second-order valence-electron chi connectivity index (χ2n) is 2.78. The average molecular weight is 187 g/mol. The maximum Gasteiger partial charge on any atom is 0.127 e. The fourth-order valence-corrected chi connectivity index (χ4v) is 1.11. The number of nitrogens with zero attached hydrogens (tertiary/aromatic N) is 3. The predicted molar refractivity (Wildman–Crippen MR) is 54.1 cm³/mol. The summed E-state index contributed by atoms with van der Waals surface area (Å²) >= 11 is 0. The van der Waals surface area contributed by atoms with Crippen molar-refractivity contribution < 1.29 is 0 Å². The smallest absolute Gasteiger partial charge is 0.127 e. The third-order valence-electron chi connectivity index (χ3n) is 1.72. The van der Waals surface area contributed by atoms with E-state index in [-0.39, 0.29) is 0 Å². The van der Waals surface area contributed by atoms with Crippen LogP contribution in [-0.2, 0) is 0 Å². The molecule has 4 N–H and O–H groups in total. The second-order valence-corrected chi connectivity index (χ2v) is 2.78. The van der Waals surface area contributed by atoms with Gasteiger partial charge in [0.15, 0.2) is 0 Å². The van der Waals surface area contributed by atoms with E-state index in [2.05, 4.69) is 15.0 Å². The fraction of sp³-hybridized carbons (Fsp3) is 0. The van der Waals surface area contributed by atoms with Crippen molar-refractivity contribution in [3.63, 3.8) is 0 Å². The lowest BCUT2D eigenvalue weighted by molar-refractivity contribution is 1.16. The van der Waals surface area contributed by atoms with Gasteiger partial charge in [-0.25, -0.2) is 15.0 Å². The highest BCUT2D eigenvalue weighted by Crippen LogP contribution is 2.15. The van der Waals surface area contributed by atoms with Crippen LogP contribution in [0, 0.1) is 0 Å². The summed E-state index contributed by atoms with van der Waals surface area (Å²) in [4.78, 5) is 12.0. The minimum absolute atomic E-state index is 0.416. The first-order valence-corrected chi connectivity index (χ1v) is 4.06. The molecule has 5 nitrogen and oxygen atoms in total. The molecule has 2 heterocycles.